The molecule has 148 valence electrons. The van der Waals surface area contributed by atoms with Gasteiger partial charge in [0.15, 0.2) is 15.8 Å². The summed E-state index contributed by atoms with van der Waals surface area (Å²) in [6.07, 6.45) is 2.31. The fourth-order valence-electron chi connectivity index (χ4n) is 2.72. The van der Waals surface area contributed by atoms with Crippen molar-refractivity contribution >= 4 is 45.5 Å². The molecule has 0 radical (unpaired) electrons. The van der Waals surface area contributed by atoms with Crippen LogP contribution in [-0.2, 0) is 16.4 Å². The second-order valence-electron chi connectivity index (χ2n) is 6.63. The number of hydrogen-bond acceptors (Lipinski definition) is 3. The quantitative estimate of drug-likeness (QED) is 0.348. The van der Waals surface area contributed by atoms with Gasteiger partial charge in [-0.2, -0.15) is 0 Å². The lowest BCUT2D eigenvalue weighted by atomic mass is 9.99. The molecule has 1 atom stereocenters. The first-order chi connectivity index (χ1) is 12.2. The van der Waals surface area contributed by atoms with Gasteiger partial charge in [0, 0.05) is 11.9 Å². The minimum atomic E-state index is -3.21. The van der Waals surface area contributed by atoms with Crippen LogP contribution in [-0.4, -0.2) is 20.6 Å². The molecular formula is C20H28IN3O2S. The Morgan fingerprint density at radius 3 is 2.33 bits per heavy atom. The number of anilines is 1. The van der Waals surface area contributed by atoms with E-state index >= 15 is 0 Å². The Balaban J connectivity index is 0.00000364. The minimum Gasteiger partial charge on any atom is -0.370 e. The van der Waals surface area contributed by atoms with Crippen molar-refractivity contribution in [3.8, 4) is 0 Å². The van der Waals surface area contributed by atoms with E-state index in [2.05, 4.69) is 36.3 Å². The Morgan fingerprint density at radius 1 is 1.19 bits per heavy atom. The van der Waals surface area contributed by atoms with E-state index in [0.717, 1.165) is 17.7 Å². The summed E-state index contributed by atoms with van der Waals surface area (Å²) in [6.45, 7) is 6.54. The van der Waals surface area contributed by atoms with Crippen LogP contribution < -0.4 is 11.1 Å². The molecule has 0 heterocycles. The molecule has 0 saturated carbocycles. The summed E-state index contributed by atoms with van der Waals surface area (Å²) >= 11 is 0. The van der Waals surface area contributed by atoms with Gasteiger partial charge in [-0.05, 0) is 54.2 Å². The number of aryl methyl sites for hydroxylation is 1. The van der Waals surface area contributed by atoms with E-state index in [1.54, 1.807) is 19.1 Å². The maximum Gasteiger partial charge on any atom is 0.193 e. The van der Waals surface area contributed by atoms with Gasteiger partial charge >= 0.3 is 0 Å². The molecule has 1 unspecified atom stereocenters. The predicted molar refractivity (Wildman–Crippen MR) is 124 cm³/mol. The third-order valence-electron chi connectivity index (χ3n) is 4.44. The Kier molecular flexibility index (Phi) is 8.74. The predicted octanol–water partition coefficient (Wildman–Crippen LogP) is 4.46. The number of nitrogens with zero attached hydrogens (tertiary/aromatic N) is 1. The average molecular weight is 501 g/mol. The average Bonchev–Trinajstić information content (AvgIpc) is 2.59. The molecule has 0 bridgehead atoms. The van der Waals surface area contributed by atoms with Crippen LogP contribution >= 0.6 is 24.0 Å². The van der Waals surface area contributed by atoms with Crippen molar-refractivity contribution in [3.63, 3.8) is 0 Å². The fraction of sp³-hybridized carbons (Fsp3) is 0.350. The fourth-order valence-corrected chi connectivity index (χ4v) is 3.68. The van der Waals surface area contributed by atoms with Crippen molar-refractivity contribution < 1.29 is 8.42 Å². The zero-order valence-electron chi connectivity index (χ0n) is 16.2. The third kappa shape index (κ3) is 6.80. The Hall–Kier alpha value is -1.61. The van der Waals surface area contributed by atoms with E-state index in [4.69, 9.17) is 5.73 Å². The molecule has 0 amide bonds. The van der Waals surface area contributed by atoms with Gasteiger partial charge in [-0.25, -0.2) is 13.4 Å². The van der Waals surface area contributed by atoms with Crippen LogP contribution in [0.3, 0.4) is 0 Å². The molecule has 2 aromatic rings. The van der Waals surface area contributed by atoms with Crippen LogP contribution in [0.1, 0.15) is 42.9 Å². The number of sulfone groups is 1. The number of nitrogens with one attached hydrogen (secondary N) is 1. The van der Waals surface area contributed by atoms with Crippen LogP contribution in [0.15, 0.2) is 52.4 Å². The first kappa shape index (κ1) is 23.4. The van der Waals surface area contributed by atoms with E-state index in [9.17, 15) is 8.42 Å². The maximum atomic E-state index is 11.7. The van der Waals surface area contributed by atoms with Gasteiger partial charge < -0.3 is 11.1 Å². The summed E-state index contributed by atoms with van der Waals surface area (Å²) in [4.78, 5) is 4.68. The van der Waals surface area contributed by atoms with E-state index in [1.165, 1.54) is 11.8 Å². The monoisotopic (exact) mass is 501 g/mol. The molecule has 0 aliphatic heterocycles. The van der Waals surface area contributed by atoms with Gasteiger partial charge in [-0.1, -0.05) is 38.1 Å². The standard InChI is InChI=1S/C20H27N3O2S.HI/c1-5-14(2)17-7-9-18(10-8-17)23-20(21)22-13-16-6-11-19(15(3)12-16)26(4,24)25;/h6-12,14H,5,13H2,1-4H3,(H3,21,22,23);1H. The highest BCUT2D eigenvalue weighted by molar-refractivity contribution is 14.0. The van der Waals surface area contributed by atoms with Crippen molar-refractivity contribution in [1.82, 2.24) is 0 Å². The van der Waals surface area contributed by atoms with Gasteiger partial charge in [-0.3, -0.25) is 0 Å². The zero-order valence-corrected chi connectivity index (χ0v) is 19.3. The molecule has 2 aromatic carbocycles. The van der Waals surface area contributed by atoms with Crippen LogP contribution in [0, 0.1) is 6.92 Å². The van der Waals surface area contributed by atoms with E-state index in [0.29, 0.717) is 28.9 Å². The smallest absolute Gasteiger partial charge is 0.193 e. The number of benzene rings is 2. The van der Waals surface area contributed by atoms with Crippen LogP contribution in [0.25, 0.3) is 0 Å². The molecular weight excluding hydrogens is 473 g/mol. The molecule has 0 aliphatic rings. The first-order valence-electron chi connectivity index (χ1n) is 8.67. The lowest BCUT2D eigenvalue weighted by Gasteiger charge is -2.11. The second-order valence-corrected chi connectivity index (χ2v) is 8.61. The normalized spacial score (nSPS) is 13.0. The molecule has 0 aliphatic carbocycles. The van der Waals surface area contributed by atoms with Gasteiger partial charge in [0.1, 0.15) is 0 Å². The van der Waals surface area contributed by atoms with E-state index in [-0.39, 0.29) is 24.0 Å². The van der Waals surface area contributed by atoms with Crippen molar-refractivity contribution in [2.24, 2.45) is 10.7 Å². The van der Waals surface area contributed by atoms with Gasteiger partial charge in [0.25, 0.3) is 0 Å². The largest absolute Gasteiger partial charge is 0.370 e. The SMILES string of the molecule is CCC(C)c1ccc(NC(N)=NCc2ccc(S(C)(=O)=O)c(C)c2)cc1.I. The molecule has 5 nitrogen and oxygen atoms in total. The minimum absolute atomic E-state index is 0. The number of rotatable bonds is 6. The molecule has 7 heteroatoms. The second kappa shape index (κ2) is 10.1. The lowest BCUT2D eigenvalue weighted by Crippen LogP contribution is -2.22. The zero-order chi connectivity index (χ0) is 19.3. The Labute approximate surface area is 179 Å². The lowest BCUT2D eigenvalue weighted by molar-refractivity contribution is 0.601. The molecule has 0 fully saturated rings. The first-order valence-corrected chi connectivity index (χ1v) is 10.6. The Bertz CT molecular complexity index is 894. The highest BCUT2D eigenvalue weighted by atomic mass is 127. The molecule has 0 saturated heterocycles. The van der Waals surface area contributed by atoms with Crippen molar-refractivity contribution in [3.05, 3.63) is 59.2 Å². The summed E-state index contributed by atoms with van der Waals surface area (Å²) < 4.78 is 23.3. The van der Waals surface area contributed by atoms with Gasteiger partial charge in [0.05, 0.1) is 11.4 Å². The van der Waals surface area contributed by atoms with E-state index in [1.807, 2.05) is 18.2 Å². The summed E-state index contributed by atoms with van der Waals surface area (Å²) in [6, 6.07) is 13.4. The molecule has 3 N–H and O–H groups in total. The van der Waals surface area contributed by atoms with Crippen molar-refractivity contribution in [2.75, 3.05) is 11.6 Å². The van der Waals surface area contributed by atoms with Crippen molar-refractivity contribution in [1.29, 1.82) is 0 Å². The van der Waals surface area contributed by atoms with E-state index < -0.39 is 9.84 Å². The molecule has 2 rings (SSSR count). The van der Waals surface area contributed by atoms with Crippen molar-refractivity contribution in [2.45, 2.75) is 44.6 Å². The summed E-state index contributed by atoms with van der Waals surface area (Å²) in [7, 11) is -3.21. The summed E-state index contributed by atoms with van der Waals surface area (Å²) in [5, 5.41) is 3.08. The number of aliphatic imine (C=N–C) groups is 1. The van der Waals surface area contributed by atoms with Crippen LogP contribution in [0.4, 0.5) is 5.69 Å². The number of nitrogens with two attached hydrogens (primary N) is 1. The Morgan fingerprint density at radius 2 is 1.81 bits per heavy atom. The highest BCUT2D eigenvalue weighted by Gasteiger charge is 2.10. The summed E-state index contributed by atoms with van der Waals surface area (Å²) in [5.41, 5.74) is 9.77. The summed E-state index contributed by atoms with van der Waals surface area (Å²) in [5.74, 6) is 0.861. The van der Waals surface area contributed by atoms with Crippen LogP contribution in [0.5, 0.6) is 0 Å². The maximum absolute atomic E-state index is 11.7. The third-order valence-corrected chi connectivity index (χ3v) is 5.69. The number of guanidine groups is 1. The topological polar surface area (TPSA) is 84.5 Å². The molecule has 0 aromatic heterocycles. The number of halogens is 1. The van der Waals surface area contributed by atoms with Gasteiger partial charge in [-0.15, -0.1) is 24.0 Å². The number of hydrogen-bond donors (Lipinski definition) is 2. The van der Waals surface area contributed by atoms with Gasteiger partial charge in [0.2, 0.25) is 0 Å². The van der Waals surface area contributed by atoms with Crippen LogP contribution in [0.2, 0.25) is 0 Å². The highest BCUT2D eigenvalue weighted by Crippen LogP contribution is 2.20. The molecule has 27 heavy (non-hydrogen) atoms. The molecule has 0 spiro atoms.